The smallest absolute Gasteiger partial charge is 0.414 e. The number of hydrogen-bond donors (Lipinski definition) is 3. The Labute approximate surface area is 181 Å². The fourth-order valence-corrected chi connectivity index (χ4v) is 3.27. The van der Waals surface area contributed by atoms with E-state index in [1.165, 1.54) is 22.0 Å². The average molecular weight is 444 g/mol. The monoisotopic (exact) mass is 443 g/mol. The zero-order valence-electron chi connectivity index (χ0n) is 16.6. The number of hydrogen-bond acceptors (Lipinski definition) is 8. The fourth-order valence-electron chi connectivity index (χ4n) is 3.13. The third kappa shape index (κ3) is 4.08. The van der Waals surface area contributed by atoms with Crippen molar-refractivity contribution in [1.82, 2.24) is 19.7 Å². The van der Waals surface area contributed by atoms with Gasteiger partial charge in [-0.25, -0.2) is 14.6 Å². The van der Waals surface area contributed by atoms with E-state index in [0.717, 1.165) is 11.3 Å². The molecule has 0 radical (unpaired) electrons. The number of aromatic carboxylic acids is 1. The van der Waals surface area contributed by atoms with Crippen LogP contribution in [-0.4, -0.2) is 50.6 Å². The van der Waals surface area contributed by atoms with Crippen molar-refractivity contribution < 1.29 is 19.4 Å². The van der Waals surface area contributed by atoms with Crippen LogP contribution in [0.25, 0.3) is 0 Å². The van der Waals surface area contributed by atoms with Crippen molar-refractivity contribution in [2.24, 2.45) is 7.05 Å². The van der Waals surface area contributed by atoms with Crippen LogP contribution in [0.1, 0.15) is 15.9 Å². The number of anilines is 5. The Morgan fingerprint density at radius 2 is 2.06 bits per heavy atom. The molecule has 3 N–H and O–H groups in total. The van der Waals surface area contributed by atoms with Crippen molar-refractivity contribution >= 4 is 52.6 Å². The minimum atomic E-state index is -1.13. The number of aromatic nitrogens is 4. The highest BCUT2D eigenvalue weighted by atomic mass is 35.5. The summed E-state index contributed by atoms with van der Waals surface area (Å²) in [4.78, 5) is 33.2. The van der Waals surface area contributed by atoms with Crippen LogP contribution in [0, 0.1) is 0 Å². The number of carbonyl (C=O) groups excluding carboxylic acids is 1. The summed E-state index contributed by atoms with van der Waals surface area (Å²) in [7, 11) is 3.26. The molecule has 2 aromatic heterocycles. The van der Waals surface area contributed by atoms with Gasteiger partial charge in [-0.1, -0.05) is 11.6 Å². The van der Waals surface area contributed by atoms with E-state index in [-0.39, 0.29) is 28.2 Å². The Morgan fingerprint density at radius 1 is 1.26 bits per heavy atom. The topological polar surface area (TPSA) is 134 Å². The molecular formula is C19H18ClN7O4. The van der Waals surface area contributed by atoms with E-state index in [4.69, 9.17) is 16.3 Å². The van der Waals surface area contributed by atoms with Crippen LogP contribution in [0.2, 0.25) is 5.02 Å². The quantitative estimate of drug-likeness (QED) is 0.543. The summed E-state index contributed by atoms with van der Waals surface area (Å²) >= 11 is 6.20. The highest BCUT2D eigenvalue weighted by Crippen LogP contribution is 2.29. The molecule has 0 aliphatic carbocycles. The number of carbonyl (C=O) groups is 2. The van der Waals surface area contributed by atoms with E-state index in [1.807, 2.05) is 12.1 Å². The minimum Gasteiger partial charge on any atom is -0.477 e. The van der Waals surface area contributed by atoms with E-state index in [1.54, 1.807) is 20.2 Å². The molecule has 3 heterocycles. The molecule has 0 spiro atoms. The van der Waals surface area contributed by atoms with Crippen molar-refractivity contribution in [3.05, 3.63) is 46.7 Å². The number of benzene rings is 1. The lowest BCUT2D eigenvalue weighted by molar-refractivity contribution is 0.0698. The predicted molar refractivity (Wildman–Crippen MR) is 114 cm³/mol. The summed E-state index contributed by atoms with van der Waals surface area (Å²) in [5.41, 5.74) is 2.40. The normalized spacial score (nSPS) is 13.3. The van der Waals surface area contributed by atoms with Gasteiger partial charge in [0, 0.05) is 26.2 Å². The molecule has 1 aliphatic rings. The van der Waals surface area contributed by atoms with E-state index >= 15 is 0 Å². The van der Waals surface area contributed by atoms with Gasteiger partial charge in [0.2, 0.25) is 5.95 Å². The summed E-state index contributed by atoms with van der Waals surface area (Å²) in [5, 5.41) is 19.5. The number of ether oxygens (including phenoxy) is 1. The zero-order valence-corrected chi connectivity index (χ0v) is 17.3. The number of carboxylic acid groups (broad SMARTS) is 1. The van der Waals surface area contributed by atoms with Crippen LogP contribution < -0.4 is 15.5 Å². The predicted octanol–water partition coefficient (Wildman–Crippen LogP) is 3.18. The highest BCUT2D eigenvalue weighted by molar-refractivity contribution is 6.33. The molecule has 1 aromatic carbocycles. The number of carboxylic acids is 1. The van der Waals surface area contributed by atoms with Crippen LogP contribution in [0.4, 0.5) is 33.8 Å². The molecule has 160 valence electrons. The van der Waals surface area contributed by atoms with Gasteiger partial charge < -0.3 is 20.5 Å². The molecule has 1 amide bonds. The number of fused-ring (bicyclic) bond motifs is 1. The number of rotatable bonds is 5. The Bertz CT molecular complexity index is 1180. The Morgan fingerprint density at radius 3 is 2.84 bits per heavy atom. The Kier molecular flexibility index (Phi) is 5.34. The number of aryl methyl sites for hydroxylation is 1. The highest BCUT2D eigenvalue weighted by Gasteiger charge is 2.21. The molecule has 1 aliphatic heterocycles. The zero-order chi connectivity index (χ0) is 22.1. The number of nitrogens with zero attached hydrogens (tertiary/aromatic N) is 5. The lowest BCUT2D eigenvalue weighted by Crippen LogP contribution is -2.25. The number of halogens is 1. The molecule has 3 aromatic rings. The van der Waals surface area contributed by atoms with Gasteiger partial charge in [-0.3, -0.25) is 9.58 Å². The maximum Gasteiger partial charge on any atom is 0.414 e. The molecule has 0 unspecified atom stereocenters. The van der Waals surface area contributed by atoms with Gasteiger partial charge in [-0.15, -0.1) is 0 Å². The van der Waals surface area contributed by atoms with Gasteiger partial charge in [0.25, 0.3) is 0 Å². The van der Waals surface area contributed by atoms with Crippen molar-refractivity contribution in [3.8, 4) is 0 Å². The molecule has 0 bridgehead atoms. The van der Waals surface area contributed by atoms with Gasteiger partial charge in [-0.05, 0) is 23.8 Å². The van der Waals surface area contributed by atoms with Gasteiger partial charge >= 0.3 is 12.1 Å². The SMILES string of the molecule is CN1C(=O)OCCc2cc(Nc3ncc(Cl)c(Nc4c(C(=O)O)cnn4C)n3)ccc21. The molecule has 31 heavy (non-hydrogen) atoms. The largest absolute Gasteiger partial charge is 0.477 e. The summed E-state index contributed by atoms with van der Waals surface area (Å²) in [6.45, 7) is 0.293. The van der Waals surface area contributed by atoms with Crippen molar-refractivity contribution in [2.75, 3.05) is 29.2 Å². The molecule has 12 heteroatoms. The Balaban J connectivity index is 1.60. The van der Waals surface area contributed by atoms with E-state index < -0.39 is 12.1 Å². The van der Waals surface area contributed by atoms with E-state index in [2.05, 4.69) is 25.7 Å². The van der Waals surface area contributed by atoms with Crippen LogP contribution in [0.15, 0.2) is 30.6 Å². The first kappa shape index (κ1) is 20.4. The van der Waals surface area contributed by atoms with E-state index in [0.29, 0.717) is 18.7 Å². The van der Waals surface area contributed by atoms with Gasteiger partial charge in [0.1, 0.15) is 16.4 Å². The molecular weight excluding hydrogens is 426 g/mol. The first-order chi connectivity index (χ1) is 14.8. The summed E-state index contributed by atoms with van der Waals surface area (Å²) in [6, 6.07) is 5.50. The minimum absolute atomic E-state index is 0.0154. The second-order valence-electron chi connectivity index (χ2n) is 6.74. The van der Waals surface area contributed by atoms with E-state index in [9.17, 15) is 14.7 Å². The molecule has 0 atom stereocenters. The maximum absolute atomic E-state index is 11.8. The summed E-state index contributed by atoms with van der Waals surface area (Å²) < 4.78 is 6.52. The van der Waals surface area contributed by atoms with Gasteiger partial charge in [0.05, 0.1) is 24.7 Å². The average Bonchev–Trinajstić information content (AvgIpc) is 3.03. The molecule has 4 rings (SSSR count). The van der Waals surface area contributed by atoms with Crippen LogP contribution in [0.5, 0.6) is 0 Å². The lowest BCUT2D eigenvalue weighted by Gasteiger charge is -2.17. The Hall–Kier alpha value is -3.86. The number of cyclic esters (lactones) is 1. The standard InChI is InChI=1S/C19H18ClN7O4/c1-26-14-4-3-11(7-10(14)5-6-31-19(26)30)23-18-21-9-13(20)15(25-18)24-16-12(17(28)29)8-22-27(16)2/h3-4,7-9H,5-6H2,1-2H3,(H,28,29)(H2,21,23,24,25). The van der Waals surface area contributed by atoms with Crippen LogP contribution in [0.3, 0.4) is 0 Å². The van der Waals surface area contributed by atoms with Crippen molar-refractivity contribution in [3.63, 3.8) is 0 Å². The molecule has 0 saturated carbocycles. The molecule has 0 saturated heterocycles. The number of amides is 1. The number of nitrogens with one attached hydrogen (secondary N) is 2. The lowest BCUT2D eigenvalue weighted by atomic mass is 10.1. The first-order valence-corrected chi connectivity index (χ1v) is 9.56. The first-order valence-electron chi connectivity index (χ1n) is 9.19. The fraction of sp³-hybridized carbons (Fsp3) is 0.211. The van der Waals surface area contributed by atoms with Crippen LogP contribution >= 0.6 is 11.6 Å². The summed E-state index contributed by atoms with van der Waals surface area (Å²) in [6.07, 6.45) is 2.82. The second kappa shape index (κ2) is 8.11. The van der Waals surface area contributed by atoms with Crippen LogP contribution in [-0.2, 0) is 18.2 Å². The van der Waals surface area contributed by atoms with Gasteiger partial charge in [-0.2, -0.15) is 10.1 Å². The maximum atomic E-state index is 11.8. The summed E-state index contributed by atoms with van der Waals surface area (Å²) in [5.74, 6) is -0.424. The second-order valence-corrected chi connectivity index (χ2v) is 7.15. The van der Waals surface area contributed by atoms with Gasteiger partial charge in [0.15, 0.2) is 5.82 Å². The third-order valence-corrected chi connectivity index (χ3v) is 4.99. The third-order valence-electron chi connectivity index (χ3n) is 4.72. The van der Waals surface area contributed by atoms with Crippen molar-refractivity contribution in [2.45, 2.75) is 6.42 Å². The molecule has 0 fully saturated rings. The molecule has 11 nitrogen and oxygen atoms in total. The van der Waals surface area contributed by atoms with Crippen molar-refractivity contribution in [1.29, 1.82) is 0 Å².